The lowest BCUT2D eigenvalue weighted by Crippen LogP contribution is -2.54. The van der Waals surface area contributed by atoms with Gasteiger partial charge >= 0.3 is 12.0 Å². The van der Waals surface area contributed by atoms with Crippen LogP contribution in [0.5, 0.6) is 5.75 Å². The van der Waals surface area contributed by atoms with E-state index in [4.69, 9.17) is 16.3 Å². The Labute approximate surface area is 189 Å². The minimum absolute atomic E-state index is 0.184. The summed E-state index contributed by atoms with van der Waals surface area (Å²) in [4.78, 5) is 50.4. The van der Waals surface area contributed by atoms with Gasteiger partial charge in [-0.3, -0.25) is 14.9 Å². The standard InChI is InChI=1S/C23H21ClN2O6/c1-3-4-11-32-19-10-7-16(24)12-15(19)13-18-20(27)25-23(30)26(21(18)28)17-8-5-14(6-9-17)22(29)31-2/h5-10,12-13H,3-4,11H2,1-2H3,(H,25,27,30). The molecule has 1 aliphatic heterocycles. The second-order valence-electron chi connectivity index (χ2n) is 6.88. The fraction of sp³-hybridized carbons (Fsp3) is 0.217. The Morgan fingerprint density at radius 3 is 2.50 bits per heavy atom. The number of hydrogen-bond acceptors (Lipinski definition) is 6. The molecule has 8 nitrogen and oxygen atoms in total. The number of methoxy groups -OCH3 is 1. The van der Waals surface area contributed by atoms with Crippen LogP contribution < -0.4 is 15.0 Å². The number of carbonyl (C=O) groups excluding carboxylic acids is 4. The number of benzene rings is 2. The highest BCUT2D eigenvalue weighted by atomic mass is 35.5. The van der Waals surface area contributed by atoms with Gasteiger partial charge in [-0.05, 0) is 55.0 Å². The van der Waals surface area contributed by atoms with Crippen molar-refractivity contribution in [2.45, 2.75) is 19.8 Å². The van der Waals surface area contributed by atoms with Crippen molar-refractivity contribution >= 4 is 47.2 Å². The van der Waals surface area contributed by atoms with E-state index in [1.807, 2.05) is 6.92 Å². The predicted octanol–water partition coefficient (Wildman–Crippen LogP) is 3.97. The Bertz CT molecular complexity index is 1090. The molecule has 0 atom stereocenters. The molecule has 1 heterocycles. The first-order chi connectivity index (χ1) is 15.3. The third kappa shape index (κ3) is 4.97. The van der Waals surface area contributed by atoms with Crippen molar-refractivity contribution in [3.8, 4) is 5.75 Å². The Kier molecular flexibility index (Phi) is 7.27. The molecule has 32 heavy (non-hydrogen) atoms. The number of unbranched alkanes of at least 4 members (excludes halogenated alkanes) is 1. The molecule has 0 saturated carbocycles. The van der Waals surface area contributed by atoms with Crippen LogP contribution in [0.25, 0.3) is 6.08 Å². The van der Waals surface area contributed by atoms with Gasteiger partial charge in [0, 0.05) is 10.6 Å². The van der Waals surface area contributed by atoms with E-state index in [9.17, 15) is 19.2 Å². The van der Waals surface area contributed by atoms with Crippen LogP contribution in [0.1, 0.15) is 35.7 Å². The van der Waals surface area contributed by atoms with Gasteiger partial charge in [-0.2, -0.15) is 0 Å². The number of anilines is 1. The Hall–Kier alpha value is -3.65. The van der Waals surface area contributed by atoms with E-state index < -0.39 is 23.8 Å². The molecule has 2 aromatic carbocycles. The highest BCUT2D eigenvalue weighted by Crippen LogP contribution is 2.28. The number of esters is 1. The van der Waals surface area contributed by atoms with Crippen LogP contribution in [0.2, 0.25) is 5.02 Å². The van der Waals surface area contributed by atoms with Crippen LogP contribution in [0.15, 0.2) is 48.0 Å². The van der Waals surface area contributed by atoms with Gasteiger partial charge < -0.3 is 9.47 Å². The topological polar surface area (TPSA) is 102 Å². The van der Waals surface area contributed by atoms with Crippen LogP contribution >= 0.6 is 11.6 Å². The number of carbonyl (C=O) groups is 4. The number of hydrogen-bond donors (Lipinski definition) is 1. The molecule has 2 aromatic rings. The molecule has 0 bridgehead atoms. The lowest BCUT2D eigenvalue weighted by Gasteiger charge is -2.26. The van der Waals surface area contributed by atoms with Crippen molar-refractivity contribution in [3.05, 3.63) is 64.2 Å². The zero-order valence-electron chi connectivity index (χ0n) is 17.5. The molecule has 3 rings (SSSR count). The summed E-state index contributed by atoms with van der Waals surface area (Å²) in [6, 6.07) is 9.63. The minimum atomic E-state index is -0.895. The number of urea groups is 1. The largest absolute Gasteiger partial charge is 0.493 e. The van der Waals surface area contributed by atoms with E-state index in [1.165, 1.54) is 37.5 Å². The summed E-state index contributed by atoms with van der Waals surface area (Å²) in [6.07, 6.45) is 3.12. The van der Waals surface area contributed by atoms with Gasteiger partial charge in [-0.15, -0.1) is 0 Å². The number of nitrogens with one attached hydrogen (secondary N) is 1. The first-order valence-electron chi connectivity index (χ1n) is 9.88. The highest BCUT2D eigenvalue weighted by molar-refractivity contribution is 6.39. The molecular formula is C23H21ClN2O6. The summed E-state index contributed by atoms with van der Waals surface area (Å²) < 4.78 is 10.4. The maximum atomic E-state index is 13.1. The Balaban J connectivity index is 1.96. The van der Waals surface area contributed by atoms with Crippen LogP contribution in [-0.2, 0) is 14.3 Å². The number of nitrogens with zero attached hydrogens (tertiary/aromatic N) is 1. The summed E-state index contributed by atoms with van der Waals surface area (Å²) in [5, 5.41) is 2.55. The normalized spacial score (nSPS) is 15.0. The SMILES string of the molecule is CCCCOc1ccc(Cl)cc1C=C1C(=O)NC(=O)N(c2ccc(C(=O)OC)cc2)C1=O. The van der Waals surface area contributed by atoms with E-state index in [0.29, 0.717) is 22.9 Å². The number of halogens is 1. The molecule has 1 N–H and O–H groups in total. The molecule has 0 unspecified atom stereocenters. The summed E-state index contributed by atoms with van der Waals surface area (Å²) in [5.41, 5.74) is 0.608. The lowest BCUT2D eigenvalue weighted by molar-refractivity contribution is -0.122. The van der Waals surface area contributed by atoms with E-state index in [1.54, 1.807) is 18.2 Å². The van der Waals surface area contributed by atoms with E-state index in [-0.39, 0.29) is 16.8 Å². The Morgan fingerprint density at radius 2 is 1.84 bits per heavy atom. The van der Waals surface area contributed by atoms with Crippen molar-refractivity contribution in [1.82, 2.24) is 5.32 Å². The smallest absolute Gasteiger partial charge is 0.337 e. The molecule has 0 spiro atoms. The molecule has 0 aromatic heterocycles. The second kappa shape index (κ2) is 10.1. The lowest BCUT2D eigenvalue weighted by atomic mass is 10.1. The first-order valence-corrected chi connectivity index (χ1v) is 10.3. The van der Waals surface area contributed by atoms with E-state index >= 15 is 0 Å². The first kappa shape index (κ1) is 23.0. The summed E-state index contributed by atoms with van der Waals surface area (Å²) in [7, 11) is 1.25. The summed E-state index contributed by atoms with van der Waals surface area (Å²) in [5.74, 6) is -1.74. The van der Waals surface area contributed by atoms with Gasteiger partial charge in [-0.1, -0.05) is 24.9 Å². The fourth-order valence-electron chi connectivity index (χ4n) is 3.00. The summed E-state index contributed by atoms with van der Waals surface area (Å²) >= 11 is 6.10. The van der Waals surface area contributed by atoms with Crippen LogP contribution in [-0.4, -0.2) is 37.5 Å². The molecule has 1 aliphatic rings. The van der Waals surface area contributed by atoms with Gasteiger partial charge in [0.25, 0.3) is 11.8 Å². The third-order valence-corrected chi connectivity index (χ3v) is 4.91. The highest BCUT2D eigenvalue weighted by Gasteiger charge is 2.37. The maximum Gasteiger partial charge on any atom is 0.337 e. The average Bonchev–Trinajstić information content (AvgIpc) is 2.78. The third-order valence-electron chi connectivity index (χ3n) is 4.68. The molecule has 0 aliphatic carbocycles. The van der Waals surface area contributed by atoms with Crippen molar-refractivity contribution in [1.29, 1.82) is 0 Å². The van der Waals surface area contributed by atoms with Crippen LogP contribution in [0.3, 0.4) is 0 Å². The average molecular weight is 457 g/mol. The van der Waals surface area contributed by atoms with Gasteiger partial charge in [0.15, 0.2) is 0 Å². The zero-order valence-corrected chi connectivity index (χ0v) is 18.3. The van der Waals surface area contributed by atoms with E-state index in [2.05, 4.69) is 10.1 Å². The van der Waals surface area contributed by atoms with E-state index in [0.717, 1.165) is 17.7 Å². The molecule has 1 fully saturated rings. The number of rotatable bonds is 7. The van der Waals surface area contributed by atoms with Crippen LogP contribution in [0, 0.1) is 0 Å². The molecule has 166 valence electrons. The van der Waals surface area contributed by atoms with Crippen LogP contribution in [0.4, 0.5) is 10.5 Å². The monoisotopic (exact) mass is 456 g/mol. The minimum Gasteiger partial charge on any atom is -0.493 e. The molecule has 4 amide bonds. The number of ether oxygens (including phenoxy) is 2. The number of amides is 4. The van der Waals surface area contributed by atoms with Gasteiger partial charge in [0.05, 0.1) is 25.0 Å². The molecule has 0 radical (unpaired) electrons. The molecule has 1 saturated heterocycles. The van der Waals surface area contributed by atoms with Gasteiger partial charge in [0.1, 0.15) is 11.3 Å². The van der Waals surface area contributed by atoms with Crippen molar-refractivity contribution in [2.24, 2.45) is 0 Å². The molecule has 9 heteroatoms. The fourth-order valence-corrected chi connectivity index (χ4v) is 3.18. The predicted molar refractivity (Wildman–Crippen MR) is 119 cm³/mol. The number of barbiturate groups is 1. The van der Waals surface area contributed by atoms with Gasteiger partial charge in [-0.25, -0.2) is 14.5 Å². The number of imide groups is 2. The van der Waals surface area contributed by atoms with Crippen molar-refractivity contribution in [2.75, 3.05) is 18.6 Å². The quantitative estimate of drug-likeness (QED) is 0.293. The van der Waals surface area contributed by atoms with Gasteiger partial charge in [0.2, 0.25) is 0 Å². The second-order valence-corrected chi connectivity index (χ2v) is 7.32. The maximum absolute atomic E-state index is 13.1. The zero-order chi connectivity index (χ0) is 23.3. The van der Waals surface area contributed by atoms with Crippen molar-refractivity contribution in [3.63, 3.8) is 0 Å². The van der Waals surface area contributed by atoms with Crippen molar-refractivity contribution < 1.29 is 28.7 Å². The summed E-state index contributed by atoms with van der Waals surface area (Å²) in [6.45, 7) is 2.49. The molecular weight excluding hydrogens is 436 g/mol. The Morgan fingerprint density at radius 1 is 1.12 bits per heavy atom.